The normalized spacial score (nSPS) is 32.5. The van der Waals surface area contributed by atoms with Gasteiger partial charge in [0, 0.05) is 38.2 Å². The Balaban J connectivity index is 1.61. The fourth-order valence-electron chi connectivity index (χ4n) is 5.21. The standard InChI is InChI=1S/C20H29N3O2/c1-25-20(15-7-9-22-18(11-15)19(21)24)16-3-2-4-17(20)13-23(12-16)10-8-14-5-6-14/h7,9,11,14,16-17H,2-6,8,10,12-13H2,1H3,(H2,21,24)/t16-,17+,20?. The minimum Gasteiger partial charge on any atom is -0.373 e. The van der Waals surface area contributed by atoms with Crippen molar-refractivity contribution >= 4 is 5.91 Å². The number of hydrogen-bond acceptors (Lipinski definition) is 4. The fraction of sp³-hybridized carbons (Fsp3) is 0.700. The maximum absolute atomic E-state index is 11.6. The number of carbonyl (C=O) groups excluding carboxylic acids is 1. The van der Waals surface area contributed by atoms with E-state index in [1.54, 1.807) is 6.20 Å². The summed E-state index contributed by atoms with van der Waals surface area (Å²) in [6, 6.07) is 3.87. The Kier molecular flexibility index (Phi) is 4.54. The van der Waals surface area contributed by atoms with Crippen molar-refractivity contribution in [3.8, 4) is 0 Å². The SMILES string of the molecule is COC1(c2ccnc(C(N)=O)c2)[C@@H]2CCC[C@H]1CN(CCC1CC1)C2. The van der Waals surface area contributed by atoms with Crippen LogP contribution in [0.2, 0.25) is 0 Å². The molecule has 1 amide bonds. The first-order valence-corrected chi connectivity index (χ1v) is 9.67. The quantitative estimate of drug-likeness (QED) is 0.862. The first-order chi connectivity index (χ1) is 12.1. The van der Waals surface area contributed by atoms with Gasteiger partial charge in [-0.05, 0) is 49.4 Å². The second kappa shape index (κ2) is 6.69. The van der Waals surface area contributed by atoms with E-state index in [4.69, 9.17) is 10.5 Å². The van der Waals surface area contributed by atoms with Crippen LogP contribution in [0.3, 0.4) is 0 Å². The maximum Gasteiger partial charge on any atom is 0.267 e. The molecule has 1 saturated heterocycles. The summed E-state index contributed by atoms with van der Waals surface area (Å²) < 4.78 is 6.25. The van der Waals surface area contributed by atoms with Gasteiger partial charge in [-0.15, -0.1) is 0 Å². The largest absolute Gasteiger partial charge is 0.373 e. The van der Waals surface area contributed by atoms with Crippen LogP contribution in [0.5, 0.6) is 0 Å². The first kappa shape index (κ1) is 17.0. The number of aromatic nitrogens is 1. The number of amides is 1. The predicted octanol–water partition coefficient (Wildman–Crippen LogP) is 2.55. The molecule has 1 aliphatic heterocycles. The van der Waals surface area contributed by atoms with Crippen molar-refractivity contribution in [2.24, 2.45) is 23.5 Å². The molecule has 4 rings (SSSR count). The lowest BCUT2D eigenvalue weighted by Gasteiger charge is -2.55. The summed E-state index contributed by atoms with van der Waals surface area (Å²) in [5.74, 6) is 1.44. The third kappa shape index (κ3) is 3.08. The van der Waals surface area contributed by atoms with Crippen molar-refractivity contribution in [3.63, 3.8) is 0 Å². The number of hydrogen-bond donors (Lipinski definition) is 1. The van der Waals surface area contributed by atoms with Crippen molar-refractivity contribution in [3.05, 3.63) is 29.6 Å². The highest BCUT2D eigenvalue weighted by Gasteiger charge is 2.53. The molecular weight excluding hydrogens is 314 g/mol. The lowest BCUT2D eigenvalue weighted by Crippen LogP contribution is -2.59. The minimum absolute atomic E-state index is 0.304. The summed E-state index contributed by atoms with van der Waals surface area (Å²) in [7, 11) is 1.83. The topological polar surface area (TPSA) is 68.5 Å². The Morgan fingerprint density at radius 1 is 1.32 bits per heavy atom. The van der Waals surface area contributed by atoms with Gasteiger partial charge in [0.1, 0.15) is 11.3 Å². The molecule has 2 saturated carbocycles. The molecule has 2 bridgehead atoms. The molecule has 1 aromatic rings. The lowest BCUT2D eigenvalue weighted by molar-refractivity contribution is -0.169. The van der Waals surface area contributed by atoms with Crippen LogP contribution in [0.25, 0.3) is 0 Å². The van der Waals surface area contributed by atoms with Gasteiger partial charge in [0.15, 0.2) is 0 Å². The Hall–Kier alpha value is -1.46. The highest BCUT2D eigenvalue weighted by atomic mass is 16.5. The van der Waals surface area contributed by atoms with E-state index < -0.39 is 5.91 Å². The monoisotopic (exact) mass is 343 g/mol. The predicted molar refractivity (Wildman–Crippen MR) is 96.1 cm³/mol. The fourth-order valence-corrected chi connectivity index (χ4v) is 5.21. The van der Waals surface area contributed by atoms with Gasteiger partial charge in [0.2, 0.25) is 0 Å². The Labute approximate surface area is 149 Å². The zero-order chi connectivity index (χ0) is 17.4. The van der Waals surface area contributed by atoms with Crippen LogP contribution in [0.15, 0.2) is 18.3 Å². The summed E-state index contributed by atoms with van der Waals surface area (Å²) in [4.78, 5) is 18.4. The average molecular weight is 343 g/mol. The van der Waals surface area contributed by atoms with Crippen LogP contribution in [-0.4, -0.2) is 42.5 Å². The molecule has 3 fully saturated rings. The highest BCUT2D eigenvalue weighted by molar-refractivity contribution is 5.90. The van der Waals surface area contributed by atoms with Crippen LogP contribution in [-0.2, 0) is 10.3 Å². The van der Waals surface area contributed by atoms with Gasteiger partial charge in [0.05, 0.1) is 0 Å². The smallest absolute Gasteiger partial charge is 0.267 e. The summed E-state index contributed by atoms with van der Waals surface area (Å²) in [5, 5.41) is 0. The molecule has 2 heterocycles. The van der Waals surface area contributed by atoms with Gasteiger partial charge in [-0.25, -0.2) is 0 Å². The van der Waals surface area contributed by atoms with Crippen molar-refractivity contribution in [1.29, 1.82) is 0 Å². The van der Waals surface area contributed by atoms with E-state index in [0.29, 0.717) is 17.5 Å². The zero-order valence-corrected chi connectivity index (χ0v) is 15.1. The molecule has 136 valence electrons. The number of pyridine rings is 1. The minimum atomic E-state index is -0.472. The molecule has 0 spiro atoms. The number of primary amides is 1. The molecule has 0 radical (unpaired) electrons. The van der Waals surface area contributed by atoms with Crippen LogP contribution >= 0.6 is 0 Å². The molecule has 2 aliphatic carbocycles. The third-order valence-corrected chi connectivity index (χ3v) is 6.63. The van der Waals surface area contributed by atoms with Gasteiger partial charge in [-0.3, -0.25) is 9.78 Å². The summed E-state index contributed by atoms with van der Waals surface area (Å²) in [5.41, 5.74) is 6.57. The lowest BCUT2D eigenvalue weighted by atomic mass is 9.62. The van der Waals surface area contributed by atoms with Crippen LogP contribution in [0.1, 0.15) is 54.6 Å². The number of carbonyl (C=O) groups is 1. The van der Waals surface area contributed by atoms with Crippen LogP contribution in [0.4, 0.5) is 0 Å². The van der Waals surface area contributed by atoms with Crippen molar-refractivity contribution in [2.45, 2.75) is 44.1 Å². The number of ether oxygens (including phenoxy) is 1. The van der Waals surface area contributed by atoms with Crippen molar-refractivity contribution in [2.75, 3.05) is 26.7 Å². The molecule has 3 atom stereocenters. The number of rotatable bonds is 6. The number of piperidine rings is 1. The van der Waals surface area contributed by atoms with E-state index in [1.165, 1.54) is 45.1 Å². The molecule has 2 N–H and O–H groups in total. The molecule has 1 unspecified atom stereocenters. The Bertz CT molecular complexity index is 630. The molecule has 5 heteroatoms. The molecule has 5 nitrogen and oxygen atoms in total. The number of likely N-dealkylation sites (tertiary alicyclic amines) is 1. The molecular formula is C20H29N3O2. The van der Waals surface area contributed by atoms with Gasteiger partial charge in [-0.2, -0.15) is 0 Å². The van der Waals surface area contributed by atoms with E-state index in [-0.39, 0.29) is 5.60 Å². The zero-order valence-electron chi connectivity index (χ0n) is 15.1. The second-order valence-electron chi connectivity index (χ2n) is 8.11. The Morgan fingerprint density at radius 3 is 2.64 bits per heavy atom. The van der Waals surface area contributed by atoms with Gasteiger partial charge >= 0.3 is 0 Å². The van der Waals surface area contributed by atoms with E-state index in [2.05, 4.69) is 9.88 Å². The molecule has 25 heavy (non-hydrogen) atoms. The van der Waals surface area contributed by atoms with Crippen molar-refractivity contribution in [1.82, 2.24) is 9.88 Å². The van der Waals surface area contributed by atoms with Crippen LogP contribution < -0.4 is 5.73 Å². The van der Waals surface area contributed by atoms with Crippen molar-refractivity contribution < 1.29 is 9.53 Å². The molecule has 0 aromatic carbocycles. The number of nitrogens with zero attached hydrogens (tertiary/aromatic N) is 2. The number of fused-ring (bicyclic) bond motifs is 2. The summed E-state index contributed by atoms with van der Waals surface area (Å²) in [6.45, 7) is 3.40. The van der Waals surface area contributed by atoms with Gasteiger partial charge in [-0.1, -0.05) is 19.3 Å². The number of nitrogens with two attached hydrogens (primary N) is 1. The summed E-state index contributed by atoms with van der Waals surface area (Å²) in [6.07, 6.45) is 9.53. The Morgan fingerprint density at radius 2 is 2.04 bits per heavy atom. The van der Waals surface area contributed by atoms with Crippen LogP contribution in [0, 0.1) is 17.8 Å². The average Bonchev–Trinajstić information content (AvgIpc) is 3.43. The van der Waals surface area contributed by atoms with Gasteiger partial charge < -0.3 is 15.4 Å². The first-order valence-electron chi connectivity index (χ1n) is 9.67. The third-order valence-electron chi connectivity index (χ3n) is 6.63. The van der Waals surface area contributed by atoms with E-state index in [9.17, 15) is 4.79 Å². The summed E-state index contributed by atoms with van der Waals surface area (Å²) >= 11 is 0. The molecule has 1 aromatic heterocycles. The second-order valence-corrected chi connectivity index (χ2v) is 8.11. The maximum atomic E-state index is 11.6. The number of methoxy groups -OCH3 is 1. The van der Waals surface area contributed by atoms with E-state index >= 15 is 0 Å². The van der Waals surface area contributed by atoms with E-state index in [0.717, 1.165) is 24.6 Å². The van der Waals surface area contributed by atoms with Gasteiger partial charge in [0.25, 0.3) is 5.91 Å². The van der Waals surface area contributed by atoms with E-state index in [1.807, 2.05) is 19.2 Å². The highest BCUT2D eigenvalue weighted by Crippen LogP contribution is 2.51. The molecule has 3 aliphatic rings.